The summed E-state index contributed by atoms with van der Waals surface area (Å²) < 4.78 is 7.44. The van der Waals surface area contributed by atoms with Gasteiger partial charge in [0.2, 0.25) is 11.8 Å². The molecule has 0 unspecified atom stereocenters. The Hall–Kier alpha value is -1.59. The molecule has 2 heterocycles. The zero-order valence-electron chi connectivity index (χ0n) is 12.9. The van der Waals surface area contributed by atoms with E-state index in [2.05, 4.69) is 29.2 Å². The first-order valence-corrected chi connectivity index (χ1v) is 7.38. The Morgan fingerprint density at radius 3 is 2.76 bits per heavy atom. The third kappa shape index (κ3) is 4.44. The van der Waals surface area contributed by atoms with E-state index in [9.17, 15) is 0 Å². The fraction of sp³-hybridized carbons (Fsp3) is 0.467. The molecule has 0 aromatic carbocycles. The van der Waals surface area contributed by atoms with Gasteiger partial charge in [-0.3, -0.25) is 0 Å². The number of hydrogen-bond acceptors (Lipinski definition) is 4. The first-order chi connectivity index (χ1) is 9.95. The summed E-state index contributed by atoms with van der Waals surface area (Å²) in [6.07, 6.45) is 0. The van der Waals surface area contributed by atoms with Crippen LogP contribution in [-0.4, -0.2) is 21.3 Å². The van der Waals surface area contributed by atoms with E-state index in [4.69, 9.17) is 16.3 Å². The highest BCUT2D eigenvalue weighted by Gasteiger charge is 2.09. The van der Waals surface area contributed by atoms with Gasteiger partial charge in [0, 0.05) is 25.7 Å². The van der Waals surface area contributed by atoms with Crippen molar-refractivity contribution in [1.29, 1.82) is 0 Å². The van der Waals surface area contributed by atoms with Gasteiger partial charge < -0.3 is 10.1 Å². The molecule has 0 spiro atoms. The van der Waals surface area contributed by atoms with Crippen LogP contribution >= 0.6 is 11.6 Å². The third-order valence-corrected chi connectivity index (χ3v) is 3.25. The van der Waals surface area contributed by atoms with Crippen molar-refractivity contribution in [3.8, 4) is 11.8 Å². The van der Waals surface area contributed by atoms with Crippen LogP contribution in [0.1, 0.15) is 25.2 Å². The minimum atomic E-state index is 0.517. The highest BCUT2D eigenvalue weighted by atomic mass is 35.5. The Morgan fingerprint density at radius 2 is 2.14 bits per heavy atom. The zero-order valence-corrected chi connectivity index (χ0v) is 13.6. The summed E-state index contributed by atoms with van der Waals surface area (Å²) in [4.78, 5) is 4.46. The Bertz CT molecular complexity index is 610. The average molecular weight is 309 g/mol. The van der Waals surface area contributed by atoms with Crippen molar-refractivity contribution in [1.82, 2.24) is 20.1 Å². The van der Waals surface area contributed by atoms with Gasteiger partial charge in [0.05, 0.1) is 16.4 Å². The number of nitrogens with one attached hydrogen (secondary N) is 1. The number of nitrogens with zero attached hydrogens (tertiary/aromatic N) is 3. The van der Waals surface area contributed by atoms with Crippen LogP contribution in [0.5, 0.6) is 11.8 Å². The zero-order chi connectivity index (χ0) is 15.4. The second-order valence-electron chi connectivity index (χ2n) is 5.45. The van der Waals surface area contributed by atoms with Crippen LogP contribution in [0.15, 0.2) is 18.2 Å². The Morgan fingerprint density at radius 1 is 1.38 bits per heavy atom. The number of hydrogen-bond donors (Lipinski definition) is 1. The molecule has 0 saturated heterocycles. The highest BCUT2D eigenvalue weighted by molar-refractivity contribution is 6.31. The summed E-state index contributed by atoms with van der Waals surface area (Å²) in [5.74, 6) is 1.76. The van der Waals surface area contributed by atoms with Gasteiger partial charge in [-0.25, -0.2) is 9.67 Å². The molecule has 0 fully saturated rings. The summed E-state index contributed by atoms with van der Waals surface area (Å²) >= 11 is 6.17. The van der Waals surface area contributed by atoms with Crippen molar-refractivity contribution in [2.45, 2.75) is 27.3 Å². The average Bonchev–Trinajstić information content (AvgIpc) is 2.71. The maximum absolute atomic E-state index is 6.17. The van der Waals surface area contributed by atoms with Gasteiger partial charge in [0.25, 0.3) is 0 Å². The van der Waals surface area contributed by atoms with E-state index in [0.717, 1.165) is 17.9 Å². The number of halogens is 1. The molecule has 0 aliphatic rings. The molecule has 2 aromatic heterocycles. The van der Waals surface area contributed by atoms with Crippen LogP contribution < -0.4 is 10.1 Å². The summed E-state index contributed by atoms with van der Waals surface area (Å²) in [5.41, 5.74) is 1.69. The van der Waals surface area contributed by atoms with Gasteiger partial charge in [-0.1, -0.05) is 25.4 Å². The molecular weight excluding hydrogens is 288 g/mol. The molecule has 0 radical (unpaired) electrons. The van der Waals surface area contributed by atoms with Crippen LogP contribution in [0.4, 0.5) is 0 Å². The van der Waals surface area contributed by atoms with Crippen molar-refractivity contribution in [2.24, 2.45) is 13.0 Å². The molecule has 2 rings (SSSR count). The normalized spacial score (nSPS) is 11.1. The first-order valence-electron chi connectivity index (χ1n) is 7.00. The topological polar surface area (TPSA) is 52.0 Å². The van der Waals surface area contributed by atoms with E-state index >= 15 is 0 Å². The SMILES string of the molecule is Cc1cc(Oc2ccc(Cl)c(CNCC(C)C)n2)n(C)n1. The maximum atomic E-state index is 6.17. The first kappa shape index (κ1) is 15.8. The molecule has 2 aromatic rings. The molecule has 6 heteroatoms. The van der Waals surface area contributed by atoms with Crippen molar-refractivity contribution in [3.63, 3.8) is 0 Å². The Labute approximate surface area is 130 Å². The van der Waals surface area contributed by atoms with Crippen LogP contribution in [0.2, 0.25) is 5.02 Å². The largest absolute Gasteiger partial charge is 0.421 e. The van der Waals surface area contributed by atoms with Gasteiger partial charge in [0.1, 0.15) is 0 Å². The van der Waals surface area contributed by atoms with Crippen molar-refractivity contribution in [3.05, 3.63) is 34.6 Å². The van der Waals surface area contributed by atoms with Gasteiger partial charge in [-0.15, -0.1) is 0 Å². The number of pyridine rings is 1. The quantitative estimate of drug-likeness (QED) is 0.889. The van der Waals surface area contributed by atoms with Crippen LogP contribution in [0.25, 0.3) is 0 Å². The summed E-state index contributed by atoms with van der Waals surface area (Å²) in [6, 6.07) is 5.43. The second-order valence-corrected chi connectivity index (χ2v) is 5.86. The van der Waals surface area contributed by atoms with Crippen LogP contribution in [-0.2, 0) is 13.6 Å². The minimum absolute atomic E-state index is 0.517. The fourth-order valence-corrected chi connectivity index (χ4v) is 2.09. The van der Waals surface area contributed by atoms with Crippen molar-refractivity contribution >= 4 is 11.6 Å². The molecule has 0 atom stereocenters. The van der Waals surface area contributed by atoms with Crippen molar-refractivity contribution in [2.75, 3.05) is 6.54 Å². The summed E-state index contributed by atoms with van der Waals surface area (Å²) in [5, 5.41) is 8.21. The molecule has 0 aliphatic carbocycles. The maximum Gasteiger partial charge on any atom is 0.221 e. The molecule has 1 N–H and O–H groups in total. The molecule has 114 valence electrons. The van der Waals surface area contributed by atoms with E-state index < -0.39 is 0 Å². The number of ether oxygens (including phenoxy) is 1. The molecule has 21 heavy (non-hydrogen) atoms. The second kappa shape index (κ2) is 6.91. The molecular formula is C15H21ClN4O. The summed E-state index contributed by atoms with van der Waals surface area (Å²) in [6.45, 7) is 7.78. The highest BCUT2D eigenvalue weighted by Crippen LogP contribution is 2.23. The number of rotatable bonds is 6. The van der Waals surface area contributed by atoms with E-state index in [1.807, 2.05) is 20.0 Å². The lowest BCUT2D eigenvalue weighted by Gasteiger charge is -2.10. The van der Waals surface area contributed by atoms with Gasteiger partial charge in [0.15, 0.2) is 0 Å². The Balaban J connectivity index is 2.09. The standard InChI is InChI=1S/C15H21ClN4O/c1-10(2)8-17-9-13-12(16)5-6-14(18-13)21-15-7-11(3)19-20(15)4/h5-7,10,17H,8-9H2,1-4H3. The molecule has 0 saturated carbocycles. The fourth-order valence-electron chi connectivity index (χ4n) is 1.91. The van der Waals surface area contributed by atoms with Crippen LogP contribution in [0.3, 0.4) is 0 Å². The number of aromatic nitrogens is 3. The van der Waals surface area contributed by atoms with Crippen molar-refractivity contribution < 1.29 is 4.74 Å². The molecule has 0 aliphatic heterocycles. The lowest BCUT2D eigenvalue weighted by Crippen LogP contribution is -2.19. The predicted octanol–water partition coefficient (Wildman–Crippen LogP) is 3.31. The van der Waals surface area contributed by atoms with Gasteiger partial charge in [-0.05, 0) is 25.5 Å². The molecule has 0 bridgehead atoms. The van der Waals surface area contributed by atoms with E-state index in [1.54, 1.807) is 16.8 Å². The van der Waals surface area contributed by atoms with E-state index in [0.29, 0.717) is 29.2 Å². The molecule has 0 amide bonds. The Kier molecular flexibility index (Phi) is 5.20. The van der Waals surface area contributed by atoms with Crippen LogP contribution in [0, 0.1) is 12.8 Å². The lowest BCUT2D eigenvalue weighted by molar-refractivity contribution is 0.413. The van der Waals surface area contributed by atoms with Gasteiger partial charge in [-0.2, -0.15) is 5.10 Å². The smallest absolute Gasteiger partial charge is 0.221 e. The summed E-state index contributed by atoms with van der Waals surface area (Å²) in [7, 11) is 1.84. The number of aryl methyl sites for hydroxylation is 2. The van der Waals surface area contributed by atoms with E-state index in [1.165, 1.54) is 0 Å². The third-order valence-electron chi connectivity index (χ3n) is 2.91. The monoisotopic (exact) mass is 308 g/mol. The lowest BCUT2D eigenvalue weighted by atomic mass is 10.2. The van der Waals surface area contributed by atoms with E-state index in [-0.39, 0.29) is 0 Å². The predicted molar refractivity (Wildman–Crippen MR) is 83.8 cm³/mol. The van der Waals surface area contributed by atoms with Gasteiger partial charge >= 0.3 is 0 Å². The minimum Gasteiger partial charge on any atom is -0.421 e. The molecule has 5 nitrogen and oxygen atoms in total.